The van der Waals surface area contributed by atoms with Crippen LogP contribution >= 0.6 is 0 Å². The number of non-ortho nitro benzene ring substituents is 1. The predicted octanol–water partition coefficient (Wildman–Crippen LogP) is 4.08. The highest BCUT2D eigenvalue weighted by molar-refractivity contribution is 5.95. The molecular weight excluding hydrogens is 390 g/mol. The summed E-state index contributed by atoms with van der Waals surface area (Å²) in [6.07, 6.45) is 0.388. The molecule has 0 aliphatic heterocycles. The summed E-state index contributed by atoms with van der Waals surface area (Å²) in [4.78, 5) is 34.0. The first-order chi connectivity index (χ1) is 14.6. The van der Waals surface area contributed by atoms with Gasteiger partial charge < -0.3 is 14.2 Å². The van der Waals surface area contributed by atoms with E-state index in [0.717, 1.165) is 12.1 Å². The number of nitrogens with zero attached hydrogens (tertiary/aromatic N) is 1. The monoisotopic (exact) mass is 407 g/mol. The van der Waals surface area contributed by atoms with Crippen molar-refractivity contribution in [3.05, 3.63) is 94.0 Å². The Labute approximate surface area is 171 Å². The summed E-state index contributed by atoms with van der Waals surface area (Å²) < 4.78 is 16.5. The first-order valence-electron chi connectivity index (χ1n) is 8.94. The van der Waals surface area contributed by atoms with Gasteiger partial charge in [-0.05, 0) is 30.3 Å². The van der Waals surface area contributed by atoms with Gasteiger partial charge in [0, 0.05) is 12.1 Å². The zero-order valence-electron chi connectivity index (χ0n) is 15.7. The van der Waals surface area contributed by atoms with E-state index in [1.807, 2.05) is 30.3 Å². The minimum absolute atomic E-state index is 0.0807. The Bertz CT molecular complexity index is 1050. The smallest absolute Gasteiger partial charge is 0.347 e. The molecule has 0 radical (unpaired) electrons. The number of rotatable bonds is 9. The number of hydrogen-bond acceptors (Lipinski definition) is 7. The standard InChI is InChI=1S/C22H17NO7/c24-15-16-14-17(23(26)27)10-11-20(16)30-22(25)19-8-4-5-9-21(19)29-13-12-28-18-6-2-1-3-7-18/h1-11,14-15H,12-13H2. The highest BCUT2D eigenvalue weighted by Gasteiger charge is 2.18. The van der Waals surface area contributed by atoms with Crippen LogP contribution in [0.5, 0.6) is 17.2 Å². The van der Waals surface area contributed by atoms with Gasteiger partial charge >= 0.3 is 5.97 Å². The molecule has 0 amide bonds. The van der Waals surface area contributed by atoms with E-state index in [2.05, 4.69) is 0 Å². The zero-order valence-corrected chi connectivity index (χ0v) is 15.7. The lowest BCUT2D eigenvalue weighted by molar-refractivity contribution is -0.384. The van der Waals surface area contributed by atoms with Crippen LogP contribution in [0.15, 0.2) is 72.8 Å². The second kappa shape index (κ2) is 9.83. The lowest BCUT2D eigenvalue weighted by Crippen LogP contribution is -2.14. The summed E-state index contributed by atoms with van der Waals surface area (Å²) in [5.74, 6) is 0.149. The molecule has 0 saturated heterocycles. The van der Waals surface area contributed by atoms with Gasteiger partial charge in [-0.2, -0.15) is 0 Å². The fourth-order valence-electron chi connectivity index (χ4n) is 2.58. The van der Waals surface area contributed by atoms with Crippen LogP contribution in [0.3, 0.4) is 0 Å². The van der Waals surface area contributed by atoms with Crippen molar-refractivity contribution in [2.75, 3.05) is 13.2 Å². The average molecular weight is 407 g/mol. The number of benzene rings is 3. The lowest BCUT2D eigenvalue weighted by Gasteiger charge is -2.12. The number of aldehydes is 1. The van der Waals surface area contributed by atoms with E-state index in [9.17, 15) is 19.7 Å². The number of carbonyl (C=O) groups excluding carboxylic acids is 2. The van der Waals surface area contributed by atoms with Gasteiger partial charge in [-0.3, -0.25) is 14.9 Å². The largest absolute Gasteiger partial charge is 0.490 e. The summed E-state index contributed by atoms with van der Waals surface area (Å²) in [5, 5.41) is 10.8. The van der Waals surface area contributed by atoms with E-state index in [1.54, 1.807) is 18.2 Å². The molecule has 0 spiro atoms. The van der Waals surface area contributed by atoms with Gasteiger partial charge in [0.2, 0.25) is 0 Å². The minimum atomic E-state index is -0.758. The van der Waals surface area contributed by atoms with Crippen LogP contribution in [-0.2, 0) is 0 Å². The number of nitro benzene ring substituents is 1. The summed E-state index contributed by atoms with van der Waals surface area (Å²) >= 11 is 0. The van der Waals surface area contributed by atoms with Crippen molar-refractivity contribution in [2.45, 2.75) is 0 Å². The summed E-state index contributed by atoms with van der Waals surface area (Å²) in [5.41, 5.74) is -0.237. The highest BCUT2D eigenvalue weighted by atomic mass is 16.6. The normalized spacial score (nSPS) is 10.1. The van der Waals surface area contributed by atoms with Crippen LogP contribution in [0.1, 0.15) is 20.7 Å². The van der Waals surface area contributed by atoms with Gasteiger partial charge in [-0.1, -0.05) is 30.3 Å². The second-order valence-corrected chi connectivity index (χ2v) is 5.99. The van der Waals surface area contributed by atoms with Crippen LogP contribution in [0.25, 0.3) is 0 Å². The predicted molar refractivity (Wildman–Crippen MR) is 107 cm³/mol. The van der Waals surface area contributed by atoms with E-state index in [4.69, 9.17) is 14.2 Å². The Balaban J connectivity index is 1.67. The number of ether oxygens (including phenoxy) is 3. The van der Waals surface area contributed by atoms with Crippen LogP contribution in [0, 0.1) is 10.1 Å². The molecule has 0 fully saturated rings. The first kappa shape index (κ1) is 20.5. The van der Waals surface area contributed by atoms with Crippen LogP contribution < -0.4 is 14.2 Å². The van der Waals surface area contributed by atoms with Crippen molar-refractivity contribution in [3.63, 3.8) is 0 Å². The molecule has 8 heteroatoms. The molecule has 3 aromatic carbocycles. The third-order valence-corrected chi connectivity index (χ3v) is 3.99. The molecule has 0 aromatic heterocycles. The molecule has 0 aliphatic carbocycles. The summed E-state index contributed by atoms with van der Waals surface area (Å²) in [7, 11) is 0. The number of hydrogen-bond donors (Lipinski definition) is 0. The van der Waals surface area contributed by atoms with Crippen LogP contribution in [0.4, 0.5) is 5.69 Å². The molecule has 8 nitrogen and oxygen atoms in total. The van der Waals surface area contributed by atoms with Crippen LogP contribution in [-0.4, -0.2) is 30.4 Å². The molecule has 0 bridgehead atoms. The van der Waals surface area contributed by atoms with Gasteiger partial charge in [0.15, 0.2) is 6.29 Å². The minimum Gasteiger partial charge on any atom is -0.490 e. The van der Waals surface area contributed by atoms with Gasteiger partial charge in [-0.25, -0.2) is 4.79 Å². The molecule has 30 heavy (non-hydrogen) atoms. The van der Waals surface area contributed by atoms with Crippen molar-refractivity contribution < 1.29 is 28.7 Å². The quantitative estimate of drug-likeness (QED) is 0.131. The number of esters is 1. The molecular formula is C22H17NO7. The maximum absolute atomic E-state index is 12.6. The van der Waals surface area contributed by atoms with Crippen LogP contribution in [0.2, 0.25) is 0 Å². The zero-order chi connectivity index (χ0) is 21.3. The van der Waals surface area contributed by atoms with Crippen molar-refractivity contribution in [3.8, 4) is 17.2 Å². The first-order valence-corrected chi connectivity index (χ1v) is 8.94. The van der Waals surface area contributed by atoms with Crippen molar-refractivity contribution in [2.24, 2.45) is 0 Å². The van der Waals surface area contributed by atoms with Crippen molar-refractivity contribution in [1.82, 2.24) is 0 Å². The molecule has 152 valence electrons. The fourth-order valence-corrected chi connectivity index (χ4v) is 2.58. The van der Waals surface area contributed by atoms with E-state index in [0.29, 0.717) is 12.0 Å². The third-order valence-electron chi connectivity index (χ3n) is 3.99. The molecule has 0 saturated carbocycles. The molecule has 0 N–H and O–H groups in total. The molecule has 0 aliphatic rings. The van der Waals surface area contributed by atoms with E-state index in [1.165, 1.54) is 12.1 Å². The van der Waals surface area contributed by atoms with E-state index < -0.39 is 10.9 Å². The van der Waals surface area contributed by atoms with Gasteiger partial charge in [0.05, 0.1) is 10.5 Å². The Hall–Kier alpha value is -4.20. The molecule has 0 heterocycles. The Morgan fingerprint density at radius 1 is 0.900 bits per heavy atom. The fraction of sp³-hybridized carbons (Fsp3) is 0.0909. The third kappa shape index (κ3) is 5.20. The lowest BCUT2D eigenvalue weighted by atomic mass is 10.2. The summed E-state index contributed by atoms with van der Waals surface area (Å²) in [6, 6.07) is 19.1. The molecule has 0 atom stereocenters. The number of carbonyl (C=O) groups is 2. The van der Waals surface area contributed by atoms with Gasteiger partial charge in [0.25, 0.3) is 5.69 Å². The molecule has 3 aromatic rings. The Morgan fingerprint density at radius 2 is 1.60 bits per heavy atom. The molecule has 0 unspecified atom stereocenters. The van der Waals surface area contributed by atoms with E-state index in [-0.39, 0.29) is 41.5 Å². The second-order valence-electron chi connectivity index (χ2n) is 5.99. The van der Waals surface area contributed by atoms with E-state index >= 15 is 0 Å². The number of para-hydroxylation sites is 2. The Kier molecular flexibility index (Phi) is 6.73. The van der Waals surface area contributed by atoms with Gasteiger partial charge in [0.1, 0.15) is 36.0 Å². The van der Waals surface area contributed by atoms with Crippen molar-refractivity contribution >= 4 is 17.9 Å². The highest BCUT2D eigenvalue weighted by Crippen LogP contribution is 2.25. The summed E-state index contributed by atoms with van der Waals surface area (Å²) in [6.45, 7) is 0.460. The van der Waals surface area contributed by atoms with Crippen molar-refractivity contribution in [1.29, 1.82) is 0 Å². The maximum Gasteiger partial charge on any atom is 0.347 e. The SMILES string of the molecule is O=Cc1cc([N+](=O)[O-])ccc1OC(=O)c1ccccc1OCCOc1ccccc1. The average Bonchev–Trinajstić information content (AvgIpc) is 2.77. The number of nitro groups is 1. The van der Waals surface area contributed by atoms with Gasteiger partial charge in [-0.15, -0.1) is 0 Å². The topological polar surface area (TPSA) is 105 Å². The Morgan fingerprint density at radius 3 is 2.33 bits per heavy atom. The molecule has 3 rings (SSSR count). The maximum atomic E-state index is 12.6.